The Morgan fingerprint density at radius 1 is 0.971 bits per heavy atom. The third-order valence-corrected chi connectivity index (χ3v) is 7.84. The summed E-state index contributed by atoms with van der Waals surface area (Å²) in [4.78, 5) is 30.4. The normalized spacial score (nSPS) is 25.3. The number of anilines is 1. The monoisotopic (exact) mass is 478 g/mol. The highest BCUT2D eigenvalue weighted by atomic mass is 16.5. The molecule has 0 radical (unpaired) electrons. The van der Waals surface area contributed by atoms with Crippen molar-refractivity contribution in [1.82, 2.24) is 24.7 Å². The number of morpholine rings is 1. The summed E-state index contributed by atoms with van der Waals surface area (Å²) in [7, 11) is 0. The van der Waals surface area contributed by atoms with Gasteiger partial charge >= 0.3 is 6.03 Å². The van der Waals surface area contributed by atoms with Gasteiger partial charge in [-0.2, -0.15) is 0 Å². The zero-order valence-electron chi connectivity index (χ0n) is 20.1. The Morgan fingerprint density at radius 3 is 2.51 bits per heavy atom. The lowest BCUT2D eigenvalue weighted by Crippen LogP contribution is -2.46. The summed E-state index contributed by atoms with van der Waals surface area (Å²) in [5.74, 6) is 0.905. The van der Waals surface area contributed by atoms with Gasteiger partial charge in [0.15, 0.2) is 0 Å². The topological polar surface area (TPSA) is 85.3 Å². The van der Waals surface area contributed by atoms with E-state index >= 15 is 0 Å². The predicted octanol–water partition coefficient (Wildman–Crippen LogP) is 1.50. The number of ether oxygens (including phenoxy) is 1. The van der Waals surface area contributed by atoms with Gasteiger partial charge in [0.2, 0.25) is 0 Å². The number of urea groups is 1. The summed E-state index contributed by atoms with van der Waals surface area (Å²) in [5.41, 5.74) is 3.52. The van der Waals surface area contributed by atoms with Crippen molar-refractivity contribution in [3.05, 3.63) is 53.5 Å². The number of rotatable bonds is 7. The molecule has 3 fully saturated rings. The maximum atomic E-state index is 13.0. The SMILES string of the molecule is O=C1N(Cc2cnc(N3C4CCC3COC4)cn2)CCN1CC(O)CN1CCc2ccccc2C1. The van der Waals surface area contributed by atoms with Crippen LogP contribution in [-0.4, -0.2) is 99.9 Å². The molecule has 6 rings (SSSR count). The largest absolute Gasteiger partial charge is 0.390 e. The number of nitrogens with zero attached hydrogens (tertiary/aromatic N) is 6. The van der Waals surface area contributed by atoms with Crippen LogP contribution in [-0.2, 0) is 24.2 Å². The molecular weight excluding hydrogens is 444 g/mol. The van der Waals surface area contributed by atoms with Gasteiger partial charge in [-0.05, 0) is 30.4 Å². The summed E-state index contributed by atoms with van der Waals surface area (Å²) in [6.07, 6.45) is 6.36. The molecule has 1 N–H and O–H groups in total. The fraction of sp³-hybridized carbons (Fsp3) is 0.577. The number of hydrogen-bond acceptors (Lipinski definition) is 7. The number of β-amino-alcohol motifs (C(OH)–C–C–N with tert-alkyl or cyclic N) is 1. The Balaban J connectivity index is 1.00. The van der Waals surface area contributed by atoms with Crippen LogP contribution in [0.25, 0.3) is 0 Å². The van der Waals surface area contributed by atoms with Crippen molar-refractivity contribution >= 4 is 11.8 Å². The van der Waals surface area contributed by atoms with E-state index in [9.17, 15) is 9.90 Å². The lowest BCUT2D eigenvalue weighted by molar-refractivity contribution is 0.0811. The molecule has 186 valence electrons. The smallest absolute Gasteiger partial charge is 0.320 e. The van der Waals surface area contributed by atoms with E-state index in [4.69, 9.17) is 4.74 Å². The molecular formula is C26H34N6O3. The minimum absolute atomic E-state index is 0.0369. The van der Waals surface area contributed by atoms with E-state index in [2.05, 4.69) is 44.0 Å². The number of aliphatic hydroxyl groups excluding tert-OH is 1. The molecule has 0 aliphatic carbocycles. The lowest BCUT2D eigenvalue weighted by Gasteiger charge is -2.35. The molecule has 1 aromatic heterocycles. The average Bonchev–Trinajstić information content (AvgIpc) is 3.33. The van der Waals surface area contributed by atoms with E-state index < -0.39 is 6.10 Å². The Kier molecular flexibility index (Phi) is 6.30. The number of aliphatic hydroxyl groups is 1. The van der Waals surface area contributed by atoms with E-state index in [1.807, 2.05) is 6.20 Å². The number of carbonyl (C=O) groups excluding carboxylic acids is 1. The maximum Gasteiger partial charge on any atom is 0.320 e. The molecule has 35 heavy (non-hydrogen) atoms. The zero-order valence-corrected chi connectivity index (χ0v) is 20.1. The van der Waals surface area contributed by atoms with Crippen LogP contribution >= 0.6 is 0 Å². The molecule has 2 aromatic rings. The van der Waals surface area contributed by atoms with Crippen molar-refractivity contribution in [1.29, 1.82) is 0 Å². The number of fused-ring (bicyclic) bond motifs is 3. The van der Waals surface area contributed by atoms with Crippen LogP contribution in [0, 0.1) is 0 Å². The molecule has 9 heteroatoms. The predicted molar refractivity (Wildman–Crippen MR) is 131 cm³/mol. The van der Waals surface area contributed by atoms with Gasteiger partial charge < -0.3 is 24.5 Å². The second kappa shape index (κ2) is 9.72. The fourth-order valence-corrected chi connectivity index (χ4v) is 6.03. The quantitative estimate of drug-likeness (QED) is 0.646. The van der Waals surface area contributed by atoms with E-state index in [-0.39, 0.29) is 6.03 Å². The van der Waals surface area contributed by atoms with E-state index in [1.165, 1.54) is 11.1 Å². The molecule has 3 atom stereocenters. The first-order valence-corrected chi connectivity index (χ1v) is 12.8. The van der Waals surface area contributed by atoms with Crippen molar-refractivity contribution in [3.8, 4) is 0 Å². The summed E-state index contributed by atoms with van der Waals surface area (Å²) in [5, 5.41) is 10.7. The van der Waals surface area contributed by atoms with Crippen LogP contribution in [0.5, 0.6) is 0 Å². The van der Waals surface area contributed by atoms with Crippen molar-refractivity contribution in [2.75, 3.05) is 50.8 Å². The highest BCUT2D eigenvalue weighted by Gasteiger charge is 2.38. The van der Waals surface area contributed by atoms with Gasteiger partial charge in [-0.3, -0.25) is 9.88 Å². The molecule has 2 bridgehead atoms. The van der Waals surface area contributed by atoms with Crippen molar-refractivity contribution in [2.45, 2.75) is 50.5 Å². The van der Waals surface area contributed by atoms with Crippen LogP contribution in [0.4, 0.5) is 10.6 Å². The second-order valence-corrected chi connectivity index (χ2v) is 10.3. The molecule has 3 unspecified atom stereocenters. The molecule has 0 saturated carbocycles. The number of carbonyl (C=O) groups is 1. The third kappa shape index (κ3) is 4.72. The highest BCUT2D eigenvalue weighted by Crippen LogP contribution is 2.32. The van der Waals surface area contributed by atoms with Gasteiger partial charge in [0.05, 0.1) is 56.0 Å². The van der Waals surface area contributed by atoms with Crippen LogP contribution in [0.15, 0.2) is 36.7 Å². The maximum absolute atomic E-state index is 13.0. The van der Waals surface area contributed by atoms with Gasteiger partial charge in [0, 0.05) is 39.3 Å². The number of benzene rings is 1. The summed E-state index contributed by atoms with van der Waals surface area (Å²) in [6.45, 7) is 5.96. The standard InChI is InChI=1S/C26H34N6O3/c33-24(15-29-8-7-19-3-1-2-4-20(19)13-29)16-31-10-9-30(26(31)34)14-21-11-28-25(12-27-21)32-22-5-6-23(32)18-35-17-22/h1-4,11-12,22-24,33H,5-10,13-18H2. The first kappa shape index (κ1) is 22.7. The number of hydrogen-bond donors (Lipinski definition) is 1. The molecule has 5 heterocycles. The van der Waals surface area contributed by atoms with E-state index in [0.717, 1.165) is 57.1 Å². The van der Waals surface area contributed by atoms with Gasteiger partial charge in [-0.15, -0.1) is 0 Å². The summed E-state index contributed by atoms with van der Waals surface area (Å²) >= 11 is 0. The van der Waals surface area contributed by atoms with Gasteiger partial charge in [0.25, 0.3) is 0 Å². The molecule has 4 aliphatic rings. The van der Waals surface area contributed by atoms with Crippen LogP contribution in [0.3, 0.4) is 0 Å². The minimum atomic E-state index is -0.563. The average molecular weight is 479 g/mol. The van der Waals surface area contributed by atoms with Crippen LogP contribution in [0.1, 0.15) is 29.7 Å². The van der Waals surface area contributed by atoms with Crippen molar-refractivity contribution in [3.63, 3.8) is 0 Å². The molecule has 2 amide bonds. The lowest BCUT2D eigenvalue weighted by atomic mass is 10.00. The zero-order chi connectivity index (χ0) is 23.8. The van der Waals surface area contributed by atoms with E-state index in [1.54, 1.807) is 16.0 Å². The Bertz CT molecular complexity index is 1030. The fourth-order valence-electron chi connectivity index (χ4n) is 6.03. The van der Waals surface area contributed by atoms with Crippen molar-refractivity contribution in [2.24, 2.45) is 0 Å². The molecule has 3 saturated heterocycles. The van der Waals surface area contributed by atoms with Crippen molar-refractivity contribution < 1.29 is 14.6 Å². The van der Waals surface area contributed by atoms with E-state index in [0.29, 0.717) is 44.8 Å². The molecule has 9 nitrogen and oxygen atoms in total. The first-order valence-electron chi connectivity index (χ1n) is 12.8. The Hall–Kier alpha value is -2.75. The first-order chi connectivity index (χ1) is 17.1. The summed E-state index contributed by atoms with van der Waals surface area (Å²) in [6, 6.07) is 9.26. The molecule has 0 spiro atoms. The van der Waals surface area contributed by atoms with Gasteiger partial charge in [0.1, 0.15) is 5.82 Å². The third-order valence-electron chi connectivity index (χ3n) is 7.84. The number of aromatic nitrogens is 2. The van der Waals surface area contributed by atoms with Gasteiger partial charge in [-0.1, -0.05) is 24.3 Å². The molecule has 4 aliphatic heterocycles. The Labute approximate surface area is 206 Å². The highest BCUT2D eigenvalue weighted by molar-refractivity contribution is 5.76. The summed E-state index contributed by atoms with van der Waals surface area (Å²) < 4.78 is 5.67. The second-order valence-electron chi connectivity index (χ2n) is 10.3. The number of amides is 2. The molecule has 1 aromatic carbocycles. The van der Waals surface area contributed by atoms with Crippen LogP contribution in [0.2, 0.25) is 0 Å². The van der Waals surface area contributed by atoms with Crippen LogP contribution < -0.4 is 4.90 Å². The van der Waals surface area contributed by atoms with Gasteiger partial charge in [-0.25, -0.2) is 9.78 Å². The minimum Gasteiger partial charge on any atom is -0.390 e. The Morgan fingerprint density at radius 2 is 1.74 bits per heavy atom.